The molecule has 0 aromatic heterocycles. The molecule has 0 heterocycles. The zero-order chi connectivity index (χ0) is 11.7. The second-order valence-corrected chi connectivity index (χ2v) is 2.17. The van der Waals surface area contributed by atoms with E-state index >= 15 is 0 Å². The predicted octanol–water partition coefficient (Wildman–Crippen LogP) is 0.828. The lowest BCUT2D eigenvalue weighted by Crippen LogP contribution is -2.03. The average Bonchev–Trinajstić information content (AvgIpc) is 1.79. The molecule has 6 nitrogen and oxygen atoms in total. The second-order valence-electron chi connectivity index (χ2n) is 2.17. The Kier molecular flexibility index (Phi) is 13.1. The van der Waals surface area contributed by atoms with Crippen molar-refractivity contribution < 1.29 is 28.7 Å². The minimum absolute atomic E-state index is 0. The number of rotatable bonds is 0. The molecule has 0 aromatic carbocycles. The van der Waals surface area contributed by atoms with E-state index < -0.39 is 23.9 Å². The lowest BCUT2D eigenvalue weighted by atomic mass is 10.7. The zero-order valence-corrected chi connectivity index (χ0v) is 8.45. The van der Waals surface area contributed by atoms with E-state index in [0.717, 1.165) is 0 Å². The van der Waals surface area contributed by atoms with E-state index in [-0.39, 0.29) is 7.43 Å². The number of esters is 4. The molecule has 0 saturated carbocycles. The van der Waals surface area contributed by atoms with Crippen LogP contribution in [0.5, 0.6) is 0 Å². The first-order valence-corrected chi connectivity index (χ1v) is 3.63. The first kappa shape index (κ1) is 18.9. The Hall–Kier alpha value is -1.72. The van der Waals surface area contributed by atoms with E-state index in [9.17, 15) is 19.2 Å². The molecule has 6 heteroatoms. The topological polar surface area (TPSA) is 86.7 Å². The molecular weight excluding hydrogens is 204 g/mol. The van der Waals surface area contributed by atoms with Crippen LogP contribution in [0.25, 0.3) is 0 Å². The summed E-state index contributed by atoms with van der Waals surface area (Å²) in [6.07, 6.45) is 0. The largest absolute Gasteiger partial charge is 0.394 e. The fourth-order valence-corrected chi connectivity index (χ4v) is 0.405. The van der Waals surface area contributed by atoms with Gasteiger partial charge in [-0.15, -0.1) is 0 Å². The Labute approximate surface area is 88.5 Å². The molecule has 0 unspecified atom stereocenters. The van der Waals surface area contributed by atoms with Crippen molar-refractivity contribution in [2.75, 3.05) is 0 Å². The van der Waals surface area contributed by atoms with Crippen molar-refractivity contribution in [3.05, 3.63) is 0 Å². The third-order valence-electron chi connectivity index (χ3n) is 0.575. The lowest BCUT2D eigenvalue weighted by Gasteiger charge is -1.87. The average molecular weight is 220 g/mol. The summed E-state index contributed by atoms with van der Waals surface area (Å²) in [6.45, 7) is 4.73. The third kappa shape index (κ3) is 32.9. The summed E-state index contributed by atoms with van der Waals surface area (Å²) in [7, 11) is 0. The van der Waals surface area contributed by atoms with Gasteiger partial charge in [0.2, 0.25) is 0 Å². The Balaban J connectivity index is -0.000000180. The van der Waals surface area contributed by atoms with Crippen LogP contribution in [0, 0.1) is 0 Å². The first-order chi connectivity index (χ1) is 6.25. The van der Waals surface area contributed by atoms with Gasteiger partial charge in [0.15, 0.2) is 0 Å². The van der Waals surface area contributed by atoms with E-state index in [1.54, 1.807) is 0 Å². The summed E-state index contributed by atoms with van der Waals surface area (Å²) in [6, 6.07) is 0. The number of carbonyl (C=O) groups is 4. The van der Waals surface area contributed by atoms with Crippen molar-refractivity contribution in [3.63, 3.8) is 0 Å². The van der Waals surface area contributed by atoms with Gasteiger partial charge in [-0.2, -0.15) is 0 Å². The Bertz CT molecular complexity index is 193. The fraction of sp³-hybridized carbons (Fsp3) is 0.556. The highest BCUT2D eigenvalue weighted by atomic mass is 16.6. The van der Waals surface area contributed by atoms with Gasteiger partial charge in [-0.1, -0.05) is 7.43 Å². The monoisotopic (exact) mass is 220 g/mol. The minimum Gasteiger partial charge on any atom is -0.394 e. The molecule has 0 fully saturated rings. The van der Waals surface area contributed by atoms with Gasteiger partial charge in [-0.25, -0.2) is 0 Å². The fourth-order valence-electron chi connectivity index (χ4n) is 0.405. The summed E-state index contributed by atoms with van der Waals surface area (Å²) >= 11 is 0. The molecule has 0 atom stereocenters. The highest BCUT2D eigenvalue weighted by molar-refractivity contribution is 5.82. The Morgan fingerprint density at radius 3 is 0.733 bits per heavy atom. The summed E-state index contributed by atoms with van der Waals surface area (Å²) in [5.41, 5.74) is 0. The van der Waals surface area contributed by atoms with Gasteiger partial charge in [0, 0.05) is 27.7 Å². The minimum atomic E-state index is -0.562. The van der Waals surface area contributed by atoms with E-state index in [1.165, 1.54) is 27.7 Å². The number of hydrogen-bond acceptors (Lipinski definition) is 6. The predicted molar refractivity (Wildman–Crippen MR) is 51.6 cm³/mol. The summed E-state index contributed by atoms with van der Waals surface area (Å²) < 4.78 is 7.94. The first-order valence-electron chi connectivity index (χ1n) is 3.63. The van der Waals surface area contributed by atoms with Crippen LogP contribution in [-0.4, -0.2) is 23.9 Å². The maximum Gasteiger partial charge on any atom is 0.310 e. The molecule has 0 N–H and O–H groups in total. The molecule has 0 bridgehead atoms. The SMILES string of the molecule is C.CC(=O)OC(C)=O.CC(=O)OC(C)=O. The molecule has 0 radical (unpaired) electrons. The Morgan fingerprint density at radius 1 is 0.600 bits per heavy atom. The zero-order valence-electron chi connectivity index (χ0n) is 8.45. The van der Waals surface area contributed by atoms with Gasteiger partial charge in [0.25, 0.3) is 0 Å². The van der Waals surface area contributed by atoms with Crippen molar-refractivity contribution in [1.82, 2.24) is 0 Å². The summed E-state index contributed by atoms with van der Waals surface area (Å²) in [4.78, 5) is 39.2. The van der Waals surface area contributed by atoms with Gasteiger partial charge in [-0.05, 0) is 0 Å². The van der Waals surface area contributed by atoms with Gasteiger partial charge in [0.1, 0.15) is 0 Å². The highest BCUT2D eigenvalue weighted by Gasteiger charge is 1.94. The van der Waals surface area contributed by atoms with E-state index in [4.69, 9.17) is 0 Å². The molecule has 0 aliphatic carbocycles. The maximum atomic E-state index is 9.81. The van der Waals surface area contributed by atoms with Crippen LogP contribution in [0.4, 0.5) is 0 Å². The molecule has 0 amide bonds. The standard InChI is InChI=1S/2C4H6O3.CH4/c2*1-3(5)7-4(2)6;/h2*1-2H3;1H4. The normalized spacial score (nSPS) is 7.20. The van der Waals surface area contributed by atoms with E-state index in [1.807, 2.05) is 0 Å². The molecule has 0 aromatic rings. The number of carbonyl (C=O) groups excluding carboxylic acids is 4. The molecule has 88 valence electrons. The van der Waals surface area contributed by atoms with Gasteiger partial charge < -0.3 is 9.47 Å². The molecule has 0 aliphatic heterocycles. The molecule has 0 aliphatic rings. The van der Waals surface area contributed by atoms with Crippen LogP contribution in [0.2, 0.25) is 0 Å². The van der Waals surface area contributed by atoms with Crippen LogP contribution in [-0.2, 0) is 28.7 Å². The van der Waals surface area contributed by atoms with Crippen LogP contribution < -0.4 is 0 Å². The third-order valence-corrected chi connectivity index (χ3v) is 0.575. The van der Waals surface area contributed by atoms with Crippen LogP contribution in [0.15, 0.2) is 0 Å². The second kappa shape index (κ2) is 10.4. The van der Waals surface area contributed by atoms with Crippen molar-refractivity contribution in [2.45, 2.75) is 35.1 Å². The van der Waals surface area contributed by atoms with Gasteiger partial charge in [0.05, 0.1) is 0 Å². The molecule has 0 saturated heterocycles. The smallest absolute Gasteiger partial charge is 0.310 e. The molecular formula is C9H16O6. The molecule has 15 heavy (non-hydrogen) atoms. The van der Waals surface area contributed by atoms with Crippen LogP contribution in [0.3, 0.4) is 0 Å². The van der Waals surface area contributed by atoms with E-state index in [0.29, 0.717) is 0 Å². The summed E-state index contributed by atoms with van der Waals surface area (Å²) in [5, 5.41) is 0. The van der Waals surface area contributed by atoms with Gasteiger partial charge >= 0.3 is 23.9 Å². The quantitative estimate of drug-likeness (QED) is 0.444. The van der Waals surface area contributed by atoms with E-state index in [2.05, 4.69) is 9.47 Å². The van der Waals surface area contributed by atoms with Crippen molar-refractivity contribution in [2.24, 2.45) is 0 Å². The van der Waals surface area contributed by atoms with Crippen molar-refractivity contribution in [3.8, 4) is 0 Å². The number of hydrogen-bond donors (Lipinski definition) is 0. The maximum absolute atomic E-state index is 9.81. The molecule has 0 rings (SSSR count). The lowest BCUT2D eigenvalue weighted by molar-refractivity contribution is -0.158. The van der Waals surface area contributed by atoms with Gasteiger partial charge in [-0.3, -0.25) is 19.2 Å². The number of ether oxygens (including phenoxy) is 2. The summed E-state index contributed by atoms with van der Waals surface area (Å²) in [5.74, 6) is -2.25. The molecule has 0 spiro atoms. The van der Waals surface area contributed by atoms with Crippen LogP contribution in [0.1, 0.15) is 35.1 Å². The highest BCUT2D eigenvalue weighted by Crippen LogP contribution is 1.74. The Morgan fingerprint density at radius 2 is 0.733 bits per heavy atom. The van der Waals surface area contributed by atoms with Crippen LogP contribution >= 0.6 is 0 Å². The van der Waals surface area contributed by atoms with Crippen molar-refractivity contribution >= 4 is 23.9 Å². The van der Waals surface area contributed by atoms with Crippen molar-refractivity contribution in [1.29, 1.82) is 0 Å².